The highest BCUT2D eigenvalue weighted by molar-refractivity contribution is 5.23. The zero-order valence-corrected chi connectivity index (χ0v) is 10.4. The van der Waals surface area contributed by atoms with Crippen molar-refractivity contribution < 1.29 is 0 Å². The standard InChI is InChI=1S/C15H18N2/c1-12-5-7-15(8-6-12)13(2)17-11-14-4-3-9-16-10-14/h3-10,13,17H,11H2,1-2H3/t13-/m0/s1. The van der Waals surface area contributed by atoms with Gasteiger partial charge in [-0.05, 0) is 31.0 Å². The minimum absolute atomic E-state index is 0.357. The van der Waals surface area contributed by atoms with Crippen LogP contribution in [0.5, 0.6) is 0 Å². The monoisotopic (exact) mass is 226 g/mol. The van der Waals surface area contributed by atoms with Crippen LogP contribution in [0.3, 0.4) is 0 Å². The third-order valence-corrected chi connectivity index (χ3v) is 2.91. The van der Waals surface area contributed by atoms with Crippen LogP contribution in [0.4, 0.5) is 0 Å². The van der Waals surface area contributed by atoms with Gasteiger partial charge in [-0.1, -0.05) is 35.9 Å². The first-order valence-corrected chi connectivity index (χ1v) is 5.94. The zero-order valence-electron chi connectivity index (χ0n) is 10.4. The molecule has 0 spiro atoms. The lowest BCUT2D eigenvalue weighted by molar-refractivity contribution is 0.574. The number of hydrogen-bond acceptors (Lipinski definition) is 2. The Bertz CT molecular complexity index is 448. The largest absolute Gasteiger partial charge is 0.306 e. The molecule has 0 bridgehead atoms. The van der Waals surface area contributed by atoms with E-state index >= 15 is 0 Å². The molecule has 0 fully saturated rings. The molecule has 2 rings (SSSR count). The van der Waals surface area contributed by atoms with Crippen LogP contribution in [0.1, 0.15) is 29.7 Å². The third kappa shape index (κ3) is 3.40. The van der Waals surface area contributed by atoms with E-state index in [1.807, 2.05) is 12.3 Å². The number of hydrogen-bond donors (Lipinski definition) is 1. The maximum atomic E-state index is 4.11. The molecule has 1 aromatic carbocycles. The summed E-state index contributed by atoms with van der Waals surface area (Å²) in [5.74, 6) is 0. The maximum Gasteiger partial charge on any atom is 0.0312 e. The van der Waals surface area contributed by atoms with Crippen molar-refractivity contribution in [1.29, 1.82) is 0 Å². The minimum Gasteiger partial charge on any atom is -0.306 e. The van der Waals surface area contributed by atoms with Gasteiger partial charge in [0.1, 0.15) is 0 Å². The smallest absolute Gasteiger partial charge is 0.0312 e. The highest BCUT2D eigenvalue weighted by Gasteiger charge is 2.03. The van der Waals surface area contributed by atoms with Crippen molar-refractivity contribution in [3.63, 3.8) is 0 Å². The fourth-order valence-electron chi connectivity index (χ4n) is 1.75. The van der Waals surface area contributed by atoms with Gasteiger partial charge in [0.05, 0.1) is 0 Å². The SMILES string of the molecule is Cc1ccc([C@H](C)NCc2cccnc2)cc1. The molecule has 1 heterocycles. The second kappa shape index (κ2) is 5.60. The van der Waals surface area contributed by atoms with Crippen molar-refractivity contribution in [3.05, 3.63) is 65.5 Å². The van der Waals surface area contributed by atoms with Crippen molar-refractivity contribution in [3.8, 4) is 0 Å². The predicted molar refractivity (Wildman–Crippen MR) is 70.7 cm³/mol. The summed E-state index contributed by atoms with van der Waals surface area (Å²) in [6.45, 7) is 5.14. The Morgan fingerprint density at radius 2 is 1.94 bits per heavy atom. The zero-order chi connectivity index (χ0) is 12.1. The number of nitrogens with zero attached hydrogens (tertiary/aromatic N) is 1. The van der Waals surface area contributed by atoms with Gasteiger partial charge in [-0.3, -0.25) is 4.98 Å². The van der Waals surface area contributed by atoms with E-state index in [4.69, 9.17) is 0 Å². The Labute approximate surface area is 103 Å². The van der Waals surface area contributed by atoms with Crippen LogP contribution < -0.4 is 5.32 Å². The molecule has 0 unspecified atom stereocenters. The average molecular weight is 226 g/mol. The lowest BCUT2D eigenvalue weighted by Gasteiger charge is -2.14. The second-order valence-corrected chi connectivity index (χ2v) is 4.37. The molecule has 2 nitrogen and oxygen atoms in total. The summed E-state index contributed by atoms with van der Waals surface area (Å²) in [6, 6.07) is 13.1. The van der Waals surface area contributed by atoms with Gasteiger partial charge in [0.2, 0.25) is 0 Å². The first-order valence-electron chi connectivity index (χ1n) is 5.94. The molecule has 0 radical (unpaired) electrons. The van der Waals surface area contributed by atoms with Crippen molar-refractivity contribution >= 4 is 0 Å². The van der Waals surface area contributed by atoms with Crippen LogP contribution in [0, 0.1) is 6.92 Å². The first kappa shape index (κ1) is 11.8. The molecule has 2 aromatic rings. The Hall–Kier alpha value is -1.67. The van der Waals surface area contributed by atoms with Crippen LogP contribution in [0.15, 0.2) is 48.8 Å². The second-order valence-electron chi connectivity index (χ2n) is 4.37. The Kier molecular flexibility index (Phi) is 3.89. The Morgan fingerprint density at radius 1 is 1.18 bits per heavy atom. The van der Waals surface area contributed by atoms with Gasteiger partial charge in [0.15, 0.2) is 0 Å². The van der Waals surface area contributed by atoms with E-state index in [-0.39, 0.29) is 0 Å². The summed E-state index contributed by atoms with van der Waals surface area (Å²) < 4.78 is 0. The molecule has 0 aliphatic carbocycles. The summed E-state index contributed by atoms with van der Waals surface area (Å²) in [4.78, 5) is 4.11. The van der Waals surface area contributed by atoms with Gasteiger partial charge in [-0.25, -0.2) is 0 Å². The summed E-state index contributed by atoms with van der Waals surface area (Å²) in [6.07, 6.45) is 3.70. The van der Waals surface area contributed by atoms with Crippen LogP contribution in [0.2, 0.25) is 0 Å². The van der Waals surface area contributed by atoms with Crippen LogP contribution in [0.25, 0.3) is 0 Å². The topological polar surface area (TPSA) is 24.9 Å². The predicted octanol–water partition coefficient (Wildman–Crippen LogP) is 3.24. The molecule has 1 aromatic heterocycles. The molecule has 0 aliphatic heterocycles. The van der Waals surface area contributed by atoms with Crippen molar-refractivity contribution in [2.24, 2.45) is 0 Å². The Morgan fingerprint density at radius 3 is 2.59 bits per heavy atom. The van der Waals surface area contributed by atoms with E-state index in [0.29, 0.717) is 6.04 Å². The molecule has 0 saturated heterocycles. The first-order chi connectivity index (χ1) is 8.25. The molecule has 0 amide bonds. The lowest BCUT2D eigenvalue weighted by Crippen LogP contribution is -2.18. The van der Waals surface area contributed by atoms with Crippen LogP contribution in [-0.2, 0) is 6.54 Å². The molecular weight excluding hydrogens is 208 g/mol. The number of rotatable bonds is 4. The van der Waals surface area contributed by atoms with E-state index in [2.05, 4.69) is 54.5 Å². The number of pyridine rings is 1. The van der Waals surface area contributed by atoms with Crippen molar-refractivity contribution in [1.82, 2.24) is 10.3 Å². The fraction of sp³-hybridized carbons (Fsp3) is 0.267. The van der Waals surface area contributed by atoms with E-state index in [1.165, 1.54) is 16.7 Å². The van der Waals surface area contributed by atoms with E-state index in [0.717, 1.165) is 6.54 Å². The molecule has 1 N–H and O–H groups in total. The van der Waals surface area contributed by atoms with Gasteiger partial charge >= 0.3 is 0 Å². The van der Waals surface area contributed by atoms with Gasteiger partial charge in [0, 0.05) is 25.0 Å². The van der Waals surface area contributed by atoms with Crippen LogP contribution >= 0.6 is 0 Å². The lowest BCUT2D eigenvalue weighted by atomic mass is 10.1. The van der Waals surface area contributed by atoms with Gasteiger partial charge < -0.3 is 5.32 Å². The number of benzene rings is 1. The summed E-state index contributed by atoms with van der Waals surface area (Å²) in [5.41, 5.74) is 3.83. The molecule has 17 heavy (non-hydrogen) atoms. The highest BCUT2D eigenvalue weighted by atomic mass is 14.9. The minimum atomic E-state index is 0.357. The fourth-order valence-corrected chi connectivity index (χ4v) is 1.75. The average Bonchev–Trinajstić information content (AvgIpc) is 2.38. The maximum absolute atomic E-state index is 4.11. The highest BCUT2D eigenvalue weighted by Crippen LogP contribution is 2.13. The Balaban J connectivity index is 1.93. The quantitative estimate of drug-likeness (QED) is 0.865. The number of aromatic nitrogens is 1. The normalized spacial score (nSPS) is 12.4. The number of aryl methyl sites for hydroxylation is 1. The molecule has 0 aliphatic rings. The van der Waals surface area contributed by atoms with E-state index in [1.54, 1.807) is 6.20 Å². The third-order valence-electron chi connectivity index (χ3n) is 2.91. The van der Waals surface area contributed by atoms with E-state index in [9.17, 15) is 0 Å². The van der Waals surface area contributed by atoms with Crippen molar-refractivity contribution in [2.45, 2.75) is 26.4 Å². The molecule has 88 valence electrons. The molecular formula is C15H18N2. The number of nitrogens with one attached hydrogen (secondary N) is 1. The summed E-state index contributed by atoms with van der Waals surface area (Å²) in [7, 11) is 0. The summed E-state index contributed by atoms with van der Waals surface area (Å²) >= 11 is 0. The van der Waals surface area contributed by atoms with Crippen LogP contribution in [-0.4, -0.2) is 4.98 Å². The summed E-state index contributed by atoms with van der Waals surface area (Å²) in [5, 5.41) is 3.49. The molecule has 2 heteroatoms. The van der Waals surface area contributed by atoms with E-state index < -0.39 is 0 Å². The van der Waals surface area contributed by atoms with Gasteiger partial charge in [0.25, 0.3) is 0 Å². The van der Waals surface area contributed by atoms with Gasteiger partial charge in [-0.2, -0.15) is 0 Å². The van der Waals surface area contributed by atoms with Gasteiger partial charge in [-0.15, -0.1) is 0 Å². The van der Waals surface area contributed by atoms with Crippen molar-refractivity contribution in [2.75, 3.05) is 0 Å². The molecule has 0 saturated carbocycles. The molecule has 1 atom stereocenters.